The smallest absolute Gasteiger partial charge is 0.227 e. The molecule has 33 heavy (non-hydrogen) atoms. The Morgan fingerprint density at radius 2 is 1.88 bits per heavy atom. The third kappa shape index (κ3) is 5.81. The summed E-state index contributed by atoms with van der Waals surface area (Å²) in [5.41, 5.74) is 2.19. The Balaban J connectivity index is 1.44. The highest BCUT2D eigenvalue weighted by Crippen LogP contribution is 2.22. The molecule has 9 heteroatoms. The first kappa shape index (κ1) is 22.6. The third-order valence-electron chi connectivity index (χ3n) is 4.87. The van der Waals surface area contributed by atoms with E-state index in [9.17, 15) is 9.18 Å². The zero-order valence-electron chi connectivity index (χ0n) is 18.3. The minimum Gasteiger partial charge on any atom is -0.494 e. The summed E-state index contributed by atoms with van der Waals surface area (Å²) in [7, 11) is 0. The van der Waals surface area contributed by atoms with Gasteiger partial charge in [0.25, 0.3) is 0 Å². The van der Waals surface area contributed by atoms with Gasteiger partial charge in [0.1, 0.15) is 11.6 Å². The van der Waals surface area contributed by atoms with E-state index < -0.39 is 0 Å². The largest absolute Gasteiger partial charge is 0.494 e. The van der Waals surface area contributed by atoms with E-state index in [1.807, 2.05) is 43.5 Å². The van der Waals surface area contributed by atoms with Gasteiger partial charge in [-0.2, -0.15) is 4.98 Å². The fraction of sp³-hybridized carbons (Fsp3) is 0.250. The number of anilines is 1. The van der Waals surface area contributed by atoms with E-state index in [1.54, 1.807) is 17.0 Å². The van der Waals surface area contributed by atoms with Crippen LogP contribution in [0, 0.1) is 12.7 Å². The van der Waals surface area contributed by atoms with E-state index in [0.29, 0.717) is 30.6 Å². The third-order valence-corrected chi connectivity index (χ3v) is 5.69. The van der Waals surface area contributed by atoms with Crippen LogP contribution in [-0.2, 0) is 17.8 Å². The predicted molar refractivity (Wildman–Crippen MR) is 124 cm³/mol. The molecule has 0 spiro atoms. The van der Waals surface area contributed by atoms with Gasteiger partial charge in [0.05, 0.1) is 23.9 Å². The maximum absolute atomic E-state index is 13.4. The van der Waals surface area contributed by atoms with Crippen LogP contribution in [0.5, 0.6) is 5.75 Å². The highest BCUT2D eigenvalue weighted by atomic mass is 32.1. The molecule has 2 aromatic carbocycles. The van der Waals surface area contributed by atoms with Crippen molar-refractivity contribution >= 4 is 22.9 Å². The lowest BCUT2D eigenvalue weighted by Crippen LogP contribution is -2.30. The Hall–Kier alpha value is -3.59. The highest BCUT2D eigenvalue weighted by molar-refractivity contribution is 7.09. The van der Waals surface area contributed by atoms with Gasteiger partial charge in [-0.3, -0.25) is 4.79 Å². The van der Waals surface area contributed by atoms with Gasteiger partial charge < -0.3 is 14.2 Å². The summed E-state index contributed by atoms with van der Waals surface area (Å²) in [6, 6.07) is 13.3. The molecular formula is C24H23FN4O3S. The molecule has 7 nitrogen and oxygen atoms in total. The first-order valence-electron chi connectivity index (χ1n) is 10.5. The number of carbonyl (C=O) groups is 1. The zero-order valence-corrected chi connectivity index (χ0v) is 19.1. The molecule has 0 saturated carbocycles. The van der Waals surface area contributed by atoms with Gasteiger partial charge in [-0.15, -0.1) is 11.3 Å². The summed E-state index contributed by atoms with van der Waals surface area (Å²) < 4.78 is 24.2. The Labute approximate surface area is 194 Å². The lowest BCUT2D eigenvalue weighted by Gasteiger charge is -2.22. The Bertz CT molecular complexity index is 1210. The van der Waals surface area contributed by atoms with E-state index in [-0.39, 0.29) is 24.6 Å². The van der Waals surface area contributed by atoms with Crippen LogP contribution < -0.4 is 9.64 Å². The van der Waals surface area contributed by atoms with Crippen LogP contribution in [-0.4, -0.2) is 27.6 Å². The van der Waals surface area contributed by atoms with Crippen LogP contribution in [0.1, 0.15) is 29.9 Å². The van der Waals surface area contributed by atoms with Crippen molar-refractivity contribution in [1.82, 2.24) is 15.1 Å². The molecule has 4 aromatic rings. The number of halogens is 1. The summed E-state index contributed by atoms with van der Waals surface area (Å²) in [6.07, 6.45) is 0.446. The predicted octanol–water partition coefficient (Wildman–Crippen LogP) is 5.21. The van der Waals surface area contributed by atoms with Crippen molar-refractivity contribution in [2.75, 3.05) is 11.5 Å². The quantitative estimate of drug-likeness (QED) is 0.337. The van der Waals surface area contributed by atoms with Gasteiger partial charge in [-0.25, -0.2) is 9.37 Å². The number of benzene rings is 2. The molecule has 2 aromatic heterocycles. The Kier molecular flexibility index (Phi) is 7.09. The number of rotatable bonds is 9. The molecule has 170 valence electrons. The number of amides is 1. The van der Waals surface area contributed by atoms with Crippen LogP contribution in [0.3, 0.4) is 0 Å². The van der Waals surface area contributed by atoms with Gasteiger partial charge in [0.15, 0.2) is 0 Å². The van der Waals surface area contributed by atoms with Crippen LogP contribution in [0.25, 0.3) is 11.4 Å². The molecule has 0 radical (unpaired) electrons. The number of carbonyl (C=O) groups excluding carboxylic acids is 1. The summed E-state index contributed by atoms with van der Waals surface area (Å²) in [4.78, 5) is 23.5. The maximum Gasteiger partial charge on any atom is 0.227 e. The molecule has 0 saturated heterocycles. The second-order valence-electron chi connectivity index (χ2n) is 7.28. The number of aromatic nitrogens is 3. The molecule has 4 rings (SSSR count). The highest BCUT2D eigenvalue weighted by Gasteiger charge is 2.19. The second kappa shape index (κ2) is 10.4. The minimum absolute atomic E-state index is 0.145. The maximum atomic E-state index is 13.4. The molecule has 0 bridgehead atoms. The number of ether oxygens (including phenoxy) is 1. The monoisotopic (exact) mass is 466 g/mol. The number of hydrogen-bond donors (Lipinski definition) is 0. The van der Waals surface area contributed by atoms with Gasteiger partial charge in [-0.05, 0) is 62.4 Å². The fourth-order valence-electron chi connectivity index (χ4n) is 3.28. The van der Waals surface area contributed by atoms with Crippen molar-refractivity contribution in [3.63, 3.8) is 0 Å². The average molecular weight is 467 g/mol. The topological polar surface area (TPSA) is 81.4 Å². The van der Waals surface area contributed by atoms with Gasteiger partial charge in [-0.1, -0.05) is 5.16 Å². The summed E-state index contributed by atoms with van der Waals surface area (Å²) in [5.74, 6) is 1.09. The van der Waals surface area contributed by atoms with Crippen molar-refractivity contribution in [2.24, 2.45) is 0 Å². The lowest BCUT2D eigenvalue weighted by atomic mass is 10.2. The standard InChI is InChI=1S/C24H23FN4O3S/c1-3-31-21-10-4-17(5-11-21)24-27-22(32-28-24)12-13-23(30)29(14-19-15-33-16(2)26-19)20-8-6-18(25)7-9-20/h4-11,15H,3,12-14H2,1-2H3. The number of thiazole rings is 1. The zero-order chi connectivity index (χ0) is 23.2. The second-order valence-corrected chi connectivity index (χ2v) is 8.35. The number of aryl methyl sites for hydroxylation is 2. The summed E-state index contributed by atoms with van der Waals surface area (Å²) in [6.45, 7) is 4.73. The first-order valence-corrected chi connectivity index (χ1v) is 11.4. The van der Waals surface area contributed by atoms with Gasteiger partial charge >= 0.3 is 0 Å². The molecule has 0 aliphatic carbocycles. The summed E-state index contributed by atoms with van der Waals surface area (Å²) >= 11 is 1.52. The number of nitrogens with zero attached hydrogens (tertiary/aromatic N) is 4. The van der Waals surface area contributed by atoms with E-state index in [2.05, 4.69) is 15.1 Å². The van der Waals surface area contributed by atoms with Crippen molar-refractivity contribution in [1.29, 1.82) is 0 Å². The fourth-order valence-corrected chi connectivity index (χ4v) is 3.88. The van der Waals surface area contributed by atoms with Gasteiger partial charge in [0.2, 0.25) is 17.6 Å². The lowest BCUT2D eigenvalue weighted by molar-refractivity contribution is -0.118. The van der Waals surface area contributed by atoms with Crippen LogP contribution in [0.4, 0.5) is 10.1 Å². The first-order chi connectivity index (χ1) is 16.0. The molecule has 0 aliphatic rings. The molecule has 0 aliphatic heterocycles. The van der Waals surface area contributed by atoms with Crippen LogP contribution in [0.2, 0.25) is 0 Å². The molecule has 0 N–H and O–H groups in total. The molecule has 2 heterocycles. The Morgan fingerprint density at radius 3 is 2.55 bits per heavy atom. The molecule has 0 atom stereocenters. The molecule has 0 fully saturated rings. The van der Waals surface area contributed by atoms with Crippen LogP contribution in [0.15, 0.2) is 58.4 Å². The van der Waals surface area contributed by atoms with E-state index in [4.69, 9.17) is 9.26 Å². The molecular weight excluding hydrogens is 443 g/mol. The van der Waals surface area contributed by atoms with Crippen LogP contribution >= 0.6 is 11.3 Å². The number of hydrogen-bond acceptors (Lipinski definition) is 7. The van der Waals surface area contributed by atoms with Crippen molar-refractivity contribution in [3.05, 3.63) is 76.3 Å². The molecule has 1 amide bonds. The normalized spacial score (nSPS) is 10.9. The van der Waals surface area contributed by atoms with Crippen molar-refractivity contribution < 1.29 is 18.4 Å². The SMILES string of the molecule is CCOc1ccc(-c2noc(CCC(=O)N(Cc3csc(C)n3)c3ccc(F)cc3)n2)cc1. The van der Waals surface area contributed by atoms with Crippen molar-refractivity contribution in [3.8, 4) is 17.1 Å². The minimum atomic E-state index is -0.358. The summed E-state index contributed by atoms with van der Waals surface area (Å²) in [5, 5.41) is 6.86. The van der Waals surface area contributed by atoms with Gasteiger partial charge in [0, 0.05) is 29.5 Å². The van der Waals surface area contributed by atoms with E-state index in [1.165, 1.54) is 23.5 Å². The van der Waals surface area contributed by atoms with E-state index in [0.717, 1.165) is 22.0 Å². The molecule has 0 unspecified atom stereocenters. The average Bonchev–Trinajstić information content (AvgIpc) is 3.46. The van der Waals surface area contributed by atoms with E-state index >= 15 is 0 Å². The van der Waals surface area contributed by atoms with Crippen molar-refractivity contribution in [2.45, 2.75) is 33.2 Å². The Morgan fingerprint density at radius 1 is 1.12 bits per heavy atom.